The molecule has 2 heterocycles. The molecule has 3 heteroatoms. The van der Waals surface area contributed by atoms with E-state index in [1.54, 1.807) is 0 Å². The highest BCUT2D eigenvalue weighted by Crippen LogP contribution is 2.22. The molecular formula is C13H18N2O. The molecular weight excluding hydrogens is 200 g/mol. The van der Waals surface area contributed by atoms with Crippen LogP contribution in [-0.2, 0) is 25.8 Å². The number of hydrogen-bond donors (Lipinski definition) is 0. The van der Waals surface area contributed by atoms with E-state index in [9.17, 15) is 4.79 Å². The van der Waals surface area contributed by atoms with Gasteiger partial charge in [0.15, 0.2) is 0 Å². The summed E-state index contributed by atoms with van der Waals surface area (Å²) < 4.78 is 2.35. The van der Waals surface area contributed by atoms with Crippen molar-refractivity contribution in [2.24, 2.45) is 0 Å². The average molecular weight is 218 g/mol. The van der Waals surface area contributed by atoms with Crippen LogP contribution in [0.15, 0.2) is 4.79 Å². The Morgan fingerprint density at radius 3 is 2.69 bits per heavy atom. The monoisotopic (exact) mass is 218 g/mol. The van der Waals surface area contributed by atoms with Crippen LogP contribution in [0.25, 0.3) is 0 Å². The van der Waals surface area contributed by atoms with E-state index in [1.165, 1.54) is 31.4 Å². The molecule has 2 aliphatic rings. The Labute approximate surface area is 95.5 Å². The third kappa shape index (κ3) is 1.58. The van der Waals surface area contributed by atoms with Gasteiger partial charge in [-0.2, -0.15) is 4.98 Å². The van der Waals surface area contributed by atoms with Gasteiger partial charge in [0.05, 0.1) is 0 Å². The van der Waals surface area contributed by atoms with Crippen LogP contribution in [0.4, 0.5) is 0 Å². The zero-order chi connectivity index (χ0) is 11.0. The van der Waals surface area contributed by atoms with E-state index in [-0.39, 0.29) is 5.56 Å². The first-order valence-electron chi connectivity index (χ1n) is 6.48. The van der Waals surface area contributed by atoms with Gasteiger partial charge < -0.3 is 4.57 Å². The number of rotatable bonds is 0. The quantitative estimate of drug-likeness (QED) is 0.666. The van der Waals surface area contributed by atoms with Crippen molar-refractivity contribution in [2.75, 3.05) is 0 Å². The highest BCUT2D eigenvalue weighted by atomic mass is 16.1. The zero-order valence-corrected chi connectivity index (χ0v) is 9.67. The average Bonchev–Trinajstić information content (AvgIpc) is 2.55. The topological polar surface area (TPSA) is 34.9 Å². The molecule has 0 atom stereocenters. The Morgan fingerprint density at radius 2 is 1.75 bits per heavy atom. The van der Waals surface area contributed by atoms with Crippen LogP contribution in [0.1, 0.15) is 49.2 Å². The fourth-order valence-corrected chi connectivity index (χ4v) is 3.00. The van der Waals surface area contributed by atoms with Gasteiger partial charge in [-0.1, -0.05) is 6.42 Å². The molecule has 3 nitrogen and oxygen atoms in total. The minimum absolute atomic E-state index is 0.0582. The second-order valence-electron chi connectivity index (χ2n) is 4.93. The first-order valence-corrected chi connectivity index (χ1v) is 6.48. The first kappa shape index (κ1) is 10.1. The van der Waals surface area contributed by atoms with Gasteiger partial charge in [0.2, 0.25) is 0 Å². The molecule has 1 aromatic heterocycles. The summed E-state index contributed by atoms with van der Waals surface area (Å²) in [6.45, 7) is 1.07. The van der Waals surface area contributed by atoms with Crippen molar-refractivity contribution >= 4 is 0 Å². The fourth-order valence-electron chi connectivity index (χ4n) is 3.00. The smallest absolute Gasteiger partial charge is 0.276 e. The van der Waals surface area contributed by atoms with E-state index in [1.807, 2.05) is 0 Å². The van der Waals surface area contributed by atoms with E-state index < -0.39 is 0 Å². The predicted molar refractivity (Wildman–Crippen MR) is 62.7 cm³/mol. The summed E-state index contributed by atoms with van der Waals surface area (Å²) in [7, 11) is 0. The van der Waals surface area contributed by atoms with Crippen molar-refractivity contribution in [2.45, 2.75) is 57.9 Å². The molecule has 0 unspecified atom stereocenters. The molecule has 0 aromatic carbocycles. The molecule has 0 saturated carbocycles. The van der Waals surface area contributed by atoms with E-state index >= 15 is 0 Å². The predicted octanol–water partition coefficient (Wildman–Crippen LogP) is 1.85. The summed E-state index contributed by atoms with van der Waals surface area (Å²) in [6, 6.07) is 0. The van der Waals surface area contributed by atoms with Crippen LogP contribution in [-0.4, -0.2) is 9.55 Å². The fraction of sp³-hybridized carbons (Fsp3) is 0.692. The van der Waals surface area contributed by atoms with Gasteiger partial charge in [-0.05, 0) is 38.5 Å². The number of hydrogen-bond acceptors (Lipinski definition) is 2. The Morgan fingerprint density at radius 1 is 0.938 bits per heavy atom. The molecule has 0 amide bonds. The van der Waals surface area contributed by atoms with Gasteiger partial charge >= 0.3 is 0 Å². The zero-order valence-electron chi connectivity index (χ0n) is 9.67. The second kappa shape index (κ2) is 4.04. The Kier molecular flexibility index (Phi) is 2.54. The summed E-state index contributed by atoms with van der Waals surface area (Å²) in [5.41, 5.74) is 2.38. The van der Waals surface area contributed by atoms with Gasteiger partial charge in [0.1, 0.15) is 5.82 Å². The molecule has 0 bridgehead atoms. The lowest BCUT2D eigenvalue weighted by Crippen LogP contribution is -2.28. The molecule has 1 aromatic rings. The molecule has 16 heavy (non-hydrogen) atoms. The standard InChI is InChI=1S/C13H18N2O/c16-13-10-6-3-4-7-11(10)15-9-5-1-2-8-12(15)14-13/h1-9H2. The Balaban J connectivity index is 2.18. The van der Waals surface area contributed by atoms with E-state index in [2.05, 4.69) is 9.55 Å². The van der Waals surface area contributed by atoms with Crippen molar-refractivity contribution in [1.29, 1.82) is 0 Å². The van der Waals surface area contributed by atoms with Crippen LogP contribution in [0, 0.1) is 0 Å². The van der Waals surface area contributed by atoms with Crippen molar-refractivity contribution in [3.05, 3.63) is 27.4 Å². The molecule has 0 saturated heterocycles. The lowest BCUT2D eigenvalue weighted by Gasteiger charge is -2.22. The number of nitrogens with zero attached hydrogens (tertiary/aromatic N) is 2. The van der Waals surface area contributed by atoms with Gasteiger partial charge in [-0.3, -0.25) is 4.79 Å². The van der Waals surface area contributed by atoms with Gasteiger partial charge in [-0.15, -0.1) is 0 Å². The Bertz CT molecular complexity index is 462. The minimum Gasteiger partial charge on any atom is -0.333 e. The molecule has 1 aliphatic carbocycles. The summed E-state index contributed by atoms with van der Waals surface area (Å²) in [6.07, 6.45) is 9.10. The van der Waals surface area contributed by atoms with Gasteiger partial charge in [0, 0.05) is 24.2 Å². The van der Waals surface area contributed by atoms with E-state index in [0.717, 1.165) is 43.6 Å². The van der Waals surface area contributed by atoms with Crippen molar-refractivity contribution in [1.82, 2.24) is 9.55 Å². The molecule has 0 fully saturated rings. The number of fused-ring (bicyclic) bond motifs is 3. The molecule has 1 aliphatic heterocycles. The highest BCUT2D eigenvalue weighted by molar-refractivity contribution is 5.23. The van der Waals surface area contributed by atoms with Crippen molar-refractivity contribution < 1.29 is 0 Å². The van der Waals surface area contributed by atoms with Crippen LogP contribution >= 0.6 is 0 Å². The maximum atomic E-state index is 11.9. The van der Waals surface area contributed by atoms with Crippen LogP contribution in [0.5, 0.6) is 0 Å². The van der Waals surface area contributed by atoms with Crippen LogP contribution < -0.4 is 5.56 Å². The highest BCUT2D eigenvalue weighted by Gasteiger charge is 2.20. The molecule has 86 valence electrons. The van der Waals surface area contributed by atoms with Crippen molar-refractivity contribution in [3.8, 4) is 0 Å². The summed E-state index contributed by atoms with van der Waals surface area (Å²) in [5.74, 6) is 1.04. The third-order valence-corrected chi connectivity index (χ3v) is 3.85. The van der Waals surface area contributed by atoms with E-state index in [4.69, 9.17) is 0 Å². The minimum atomic E-state index is 0.0582. The lowest BCUT2D eigenvalue weighted by molar-refractivity contribution is 0.547. The van der Waals surface area contributed by atoms with Crippen molar-refractivity contribution in [3.63, 3.8) is 0 Å². The third-order valence-electron chi connectivity index (χ3n) is 3.85. The van der Waals surface area contributed by atoms with Crippen LogP contribution in [0.2, 0.25) is 0 Å². The summed E-state index contributed by atoms with van der Waals surface area (Å²) in [5, 5.41) is 0. The van der Waals surface area contributed by atoms with Gasteiger partial charge in [-0.25, -0.2) is 0 Å². The summed E-state index contributed by atoms with van der Waals surface area (Å²) >= 11 is 0. The molecule has 3 rings (SSSR count). The molecule has 0 N–H and O–H groups in total. The first-order chi connectivity index (χ1) is 7.86. The number of aryl methyl sites for hydroxylation is 1. The van der Waals surface area contributed by atoms with Crippen LogP contribution in [0.3, 0.4) is 0 Å². The number of aromatic nitrogens is 2. The van der Waals surface area contributed by atoms with Gasteiger partial charge in [0.25, 0.3) is 5.56 Å². The molecule has 0 radical (unpaired) electrons. The SMILES string of the molecule is O=c1nc2n(c3c1CCCC3)CCCCC2. The largest absolute Gasteiger partial charge is 0.333 e. The van der Waals surface area contributed by atoms with E-state index in [0.29, 0.717) is 0 Å². The molecule has 0 spiro atoms. The maximum absolute atomic E-state index is 11.9. The maximum Gasteiger partial charge on any atom is 0.276 e. The Hall–Kier alpha value is -1.12. The normalized spacial score (nSPS) is 19.8. The second-order valence-corrected chi connectivity index (χ2v) is 4.93. The summed E-state index contributed by atoms with van der Waals surface area (Å²) in [4.78, 5) is 16.2. The lowest BCUT2D eigenvalue weighted by atomic mass is 9.96.